The lowest BCUT2D eigenvalue weighted by Gasteiger charge is -2.16. The first-order chi connectivity index (χ1) is 16.0. The third kappa shape index (κ3) is 5.25. The van der Waals surface area contributed by atoms with Crippen molar-refractivity contribution in [3.63, 3.8) is 0 Å². The zero-order chi connectivity index (χ0) is 23.4. The lowest BCUT2D eigenvalue weighted by Crippen LogP contribution is -2.24. The summed E-state index contributed by atoms with van der Waals surface area (Å²) in [6, 6.07) is 14.7. The molecule has 8 nitrogen and oxygen atoms in total. The van der Waals surface area contributed by atoms with Crippen LogP contribution in [0.5, 0.6) is 0 Å². The topological polar surface area (TPSA) is 104 Å². The second-order valence-corrected chi connectivity index (χ2v) is 8.82. The van der Waals surface area contributed by atoms with Crippen LogP contribution in [0, 0.1) is 0 Å². The number of hydrogen-bond donors (Lipinski definition) is 2. The zero-order valence-electron chi connectivity index (χ0n) is 18.5. The van der Waals surface area contributed by atoms with Crippen molar-refractivity contribution in [3.05, 3.63) is 64.7 Å². The molecule has 0 radical (unpaired) electrons. The lowest BCUT2D eigenvalue weighted by atomic mass is 10.1. The maximum Gasteiger partial charge on any atom is 0.257 e. The molecule has 3 aromatic rings. The summed E-state index contributed by atoms with van der Waals surface area (Å²) in [5.41, 5.74) is 3.07. The minimum absolute atomic E-state index is 0.0518. The number of benzene rings is 2. The van der Waals surface area contributed by atoms with Crippen molar-refractivity contribution in [1.82, 2.24) is 10.2 Å². The number of amides is 3. The van der Waals surface area contributed by atoms with Gasteiger partial charge in [-0.1, -0.05) is 43.4 Å². The third-order valence-corrected chi connectivity index (χ3v) is 6.52. The summed E-state index contributed by atoms with van der Waals surface area (Å²) in [6.07, 6.45) is 1.67. The van der Waals surface area contributed by atoms with E-state index >= 15 is 0 Å². The van der Waals surface area contributed by atoms with Gasteiger partial charge < -0.3 is 10.2 Å². The maximum atomic E-state index is 12.6. The molecular weight excluding hydrogens is 438 g/mol. The summed E-state index contributed by atoms with van der Waals surface area (Å²) < 4.78 is 0. The standard InChI is InChI=1S/C24H25N5O3S/c1-3-15-8-10-19(11-9-15)29-14-17(13-21(29)31)23-27-28-24(33-23)26-22(32)16-6-5-7-18(12-16)25-20(30)4-2/h5-12,17H,3-4,13-14H2,1-2H3,(H,25,30)(H,26,28,32). The van der Waals surface area contributed by atoms with E-state index in [0.29, 0.717) is 35.8 Å². The molecule has 33 heavy (non-hydrogen) atoms. The number of hydrogen-bond acceptors (Lipinski definition) is 6. The van der Waals surface area contributed by atoms with Crippen molar-refractivity contribution >= 4 is 45.6 Å². The molecule has 4 rings (SSSR count). The van der Waals surface area contributed by atoms with Gasteiger partial charge in [-0.15, -0.1) is 10.2 Å². The van der Waals surface area contributed by atoms with Crippen molar-refractivity contribution in [2.75, 3.05) is 22.1 Å². The first-order valence-corrected chi connectivity index (χ1v) is 11.7. The molecule has 1 aliphatic heterocycles. The Balaban J connectivity index is 1.41. The van der Waals surface area contributed by atoms with Crippen LogP contribution in [-0.4, -0.2) is 34.5 Å². The number of rotatable bonds is 7. The van der Waals surface area contributed by atoms with Gasteiger partial charge in [0, 0.05) is 42.2 Å². The van der Waals surface area contributed by atoms with Crippen molar-refractivity contribution < 1.29 is 14.4 Å². The van der Waals surface area contributed by atoms with Crippen LogP contribution < -0.4 is 15.5 Å². The SMILES string of the molecule is CCC(=O)Nc1cccc(C(=O)Nc2nnc(C3CC(=O)N(c4ccc(CC)cc4)C3)s2)c1. The van der Waals surface area contributed by atoms with E-state index in [0.717, 1.165) is 17.1 Å². The maximum absolute atomic E-state index is 12.6. The molecule has 9 heteroatoms. The molecule has 1 saturated heterocycles. The van der Waals surface area contributed by atoms with Crippen LogP contribution in [0.1, 0.15) is 53.5 Å². The number of carbonyl (C=O) groups is 3. The fourth-order valence-corrected chi connectivity index (χ4v) is 4.47. The molecule has 1 aliphatic rings. The normalized spacial score (nSPS) is 15.5. The molecule has 2 heterocycles. The van der Waals surface area contributed by atoms with Crippen molar-refractivity contribution in [1.29, 1.82) is 0 Å². The Morgan fingerprint density at radius 3 is 2.61 bits per heavy atom. The van der Waals surface area contributed by atoms with Gasteiger partial charge in [-0.2, -0.15) is 0 Å². The van der Waals surface area contributed by atoms with Crippen LogP contribution in [0.3, 0.4) is 0 Å². The predicted molar refractivity (Wildman–Crippen MR) is 129 cm³/mol. The first-order valence-electron chi connectivity index (χ1n) is 10.9. The molecular formula is C24H25N5O3S. The quantitative estimate of drug-likeness (QED) is 0.546. The number of aryl methyl sites for hydroxylation is 1. The summed E-state index contributed by atoms with van der Waals surface area (Å²) in [5.74, 6) is -0.483. The minimum atomic E-state index is -0.342. The van der Waals surface area contributed by atoms with Crippen LogP contribution in [0.2, 0.25) is 0 Å². The smallest absolute Gasteiger partial charge is 0.257 e. The lowest BCUT2D eigenvalue weighted by molar-refractivity contribution is -0.117. The Kier molecular flexibility index (Phi) is 6.79. The van der Waals surface area contributed by atoms with Gasteiger partial charge >= 0.3 is 0 Å². The average molecular weight is 464 g/mol. The molecule has 3 amide bonds. The molecule has 2 N–H and O–H groups in total. The number of nitrogens with one attached hydrogen (secondary N) is 2. The van der Waals surface area contributed by atoms with E-state index in [2.05, 4.69) is 27.8 Å². The molecule has 1 aromatic heterocycles. The first kappa shape index (κ1) is 22.6. The second-order valence-electron chi connectivity index (χ2n) is 7.81. The molecule has 0 saturated carbocycles. The fraction of sp³-hybridized carbons (Fsp3) is 0.292. The Morgan fingerprint density at radius 1 is 1.09 bits per heavy atom. The second kappa shape index (κ2) is 9.91. The largest absolute Gasteiger partial charge is 0.326 e. The summed E-state index contributed by atoms with van der Waals surface area (Å²) in [5, 5.41) is 14.9. The highest BCUT2D eigenvalue weighted by atomic mass is 32.1. The van der Waals surface area contributed by atoms with E-state index in [9.17, 15) is 14.4 Å². The fourth-order valence-electron chi connectivity index (χ4n) is 3.64. The Bertz CT molecular complexity index is 1170. The Labute approximate surface area is 196 Å². The van der Waals surface area contributed by atoms with Crippen molar-refractivity contribution in [2.45, 2.75) is 39.0 Å². The van der Waals surface area contributed by atoms with Crippen LogP contribution in [0.25, 0.3) is 0 Å². The van der Waals surface area contributed by atoms with Gasteiger partial charge in [0.05, 0.1) is 0 Å². The summed E-state index contributed by atoms with van der Waals surface area (Å²) >= 11 is 1.27. The van der Waals surface area contributed by atoms with E-state index in [1.165, 1.54) is 16.9 Å². The zero-order valence-corrected chi connectivity index (χ0v) is 19.3. The highest BCUT2D eigenvalue weighted by molar-refractivity contribution is 7.15. The summed E-state index contributed by atoms with van der Waals surface area (Å²) in [7, 11) is 0. The minimum Gasteiger partial charge on any atom is -0.326 e. The monoisotopic (exact) mass is 463 g/mol. The van der Waals surface area contributed by atoms with E-state index in [4.69, 9.17) is 0 Å². The van der Waals surface area contributed by atoms with E-state index in [1.54, 1.807) is 36.1 Å². The number of anilines is 3. The van der Waals surface area contributed by atoms with E-state index in [-0.39, 0.29) is 23.6 Å². The van der Waals surface area contributed by atoms with E-state index in [1.807, 2.05) is 24.3 Å². The van der Waals surface area contributed by atoms with Gasteiger partial charge in [0.25, 0.3) is 5.91 Å². The van der Waals surface area contributed by atoms with Crippen LogP contribution in [-0.2, 0) is 16.0 Å². The van der Waals surface area contributed by atoms with Gasteiger partial charge in [0.1, 0.15) is 5.01 Å². The van der Waals surface area contributed by atoms with Crippen molar-refractivity contribution in [3.8, 4) is 0 Å². The van der Waals surface area contributed by atoms with Gasteiger partial charge in [-0.05, 0) is 42.3 Å². The Morgan fingerprint density at radius 2 is 1.88 bits per heavy atom. The number of aromatic nitrogens is 2. The van der Waals surface area contributed by atoms with E-state index < -0.39 is 0 Å². The molecule has 1 unspecified atom stereocenters. The highest BCUT2D eigenvalue weighted by Gasteiger charge is 2.34. The molecule has 170 valence electrons. The van der Waals surface area contributed by atoms with Gasteiger partial charge in [0.2, 0.25) is 16.9 Å². The van der Waals surface area contributed by atoms with Gasteiger partial charge in [-0.25, -0.2) is 0 Å². The van der Waals surface area contributed by atoms with Crippen LogP contribution >= 0.6 is 11.3 Å². The molecule has 1 atom stereocenters. The highest BCUT2D eigenvalue weighted by Crippen LogP contribution is 2.34. The average Bonchev–Trinajstić information content (AvgIpc) is 3.45. The molecule has 1 fully saturated rings. The number of nitrogens with zero attached hydrogens (tertiary/aromatic N) is 3. The molecule has 0 spiro atoms. The van der Waals surface area contributed by atoms with Crippen molar-refractivity contribution in [2.24, 2.45) is 0 Å². The third-order valence-electron chi connectivity index (χ3n) is 5.52. The Hall–Kier alpha value is -3.59. The molecule has 0 bridgehead atoms. The molecule has 2 aromatic carbocycles. The summed E-state index contributed by atoms with van der Waals surface area (Å²) in [6.45, 7) is 4.39. The number of carbonyl (C=O) groups excluding carboxylic acids is 3. The van der Waals surface area contributed by atoms with Gasteiger partial charge in [-0.3, -0.25) is 19.7 Å². The predicted octanol–water partition coefficient (Wildman–Crippen LogP) is 4.22. The summed E-state index contributed by atoms with van der Waals surface area (Å²) in [4.78, 5) is 38.6. The van der Waals surface area contributed by atoms with Crippen LogP contribution in [0.15, 0.2) is 48.5 Å². The van der Waals surface area contributed by atoms with Crippen LogP contribution in [0.4, 0.5) is 16.5 Å². The van der Waals surface area contributed by atoms with Gasteiger partial charge in [0.15, 0.2) is 0 Å². The molecule has 0 aliphatic carbocycles.